The van der Waals surface area contributed by atoms with E-state index >= 15 is 0 Å². The van der Waals surface area contributed by atoms with E-state index in [2.05, 4.69) is 28.1 Å². The van der Waals surface area contributed by atoms with Gasteiger partial charge in [0.25, 0.3) is 0 Å². The van der Waals surface area contributed by atoms with Gasteiger partial charge in [0.2, 0.25) is 17.7 Å². The highest BCUT2D eigenvalue weighted by molar-refractivity contribution is 5.98. The predicted octanol–water partition coefficient (Wildman–Crippen LogP) is 2.54. The van der Waals surface area contributed by atoms with E-state index in [1.54, 1.807) is 25.7 Å². The Hall–Kier alpha value is -2.58. The highest BCUT2D eigenvalue weighted by atomic mass is 16.6. The summed E-state index contributed by atoms with van der Waals surface area (Å²) in [6, 6.07) is -1.19. The molecule has 35 heavy (non-hydrogen) atoms. The number of nitrogens with one attached hydrogen (secondary N) is 3. The second-order valence-corrected chi connectivity index (χ2v) is 11.5. The lowest BCUT2D eigenvalue weighted by atomic mass is 10.0. The Balaban J connectivity index is 1.52. The molecule has 1 saturated heterocycles. The van der Waals surface area contributed by atoms with Gasteiger partial charge >= 0.3 is 6.09 Å². The predicted molar refractivity (Wildman–Crippen MR) is 130 cm³/mol. The van der Waals surface area contributed by atoms with E-state index < -0.39 is 29.3 Å². The van der Waals surface area contributed by atoms with Crippen LogP contribution >= 0.6 is 0 Å². The van der Waals surface area contributed by atoms with Crippen molar-refractivity contribution in [1.82, 2.24) is 20.9 Å². The Morgan fingerprint density at radius 2 is 1.83 bits per heavy atom. The summed E-state index contributed by atoms with van der Waals surface area (Å²) in [5, 5.41) is 8.85. The van der Waals surface area contributed by atoms with Crippen LogP contribution < -0.4 is 16.0 Å². The quantitative estimate of drug-likeness (QED) is 0.528. The summed E-state index contributed by atoms with van der Waals surface area (Å²) < 4.78 is 5.39. The molecule has 9 heteroatoms. The normalized spacial score (nSPS) is 31.9. The van der Waals surface area contributed by atoms with E-state index in [0.717, 1.165) is 38.5 Å². The van der Waals surface area contributed by atoms with Crippen LogP contribution in [0.1, 0.15) is 85.0 Å². The molecule has 4 atom stereocenters. The van der Waals surface area contributed by atoms with Crippen LogP contribution in [0.3, 0.4) is 0 Å². The molecule has 0 aromatic heterocycles. The molecular weight excluding hydrogens is 448 g/mol. The average molecular weight is 489 g/mol. The maximum Gasteiger partial charge on any atom is 0.408 e. The van der Waals surface area contributed by atoms with Crippen LogP contribution in [-0.2, 0) is 19.1 Å². The van der Waals surface area contributed by atoms with E-state index in [9.17, 15) is 19.2 Å². The zero-order valence-corrected chi connectivity index (χ0v) is 21.2. The molecule has 0 aromatic carbocycles. The van der Waals surface area contributed by atoms with Crippen LogP contribution in [0.5, 0.6) is 0 Å². The summed E-state index contributed by atoms with van der Waals surface area (Å²) in [6.45, 7) is 5.78. The molecule has 194 valence electrons. The maximum atomic E-state index is 13.6. The number of ether oxygens (including phenoxy) is 1. The molecule has 4 aliphatic rings. The van der Waals surface area contributed by atoms with Crippen molar-refractivity contribution in [2.24, 2.45) is 5.92 Å². The average Bonchev–Trinajstić information content (AvgIpc) is 3.66. The van der Waals surface area contributed by atoms with Crippen molar-refractivity contribution < 1.29 is 23.9 Å². The summed E-state index contributed by atoms with van der Waals surface area (Å²) in [5.74, 6) is -0.691. The highest BCUT2D eigenvalue weighted by Crippen LogP contribution is 2.46. The molecule has 3 fully saturated rings. The number of hydrogen-bond donors (Lipinski definition) is 3. The molecule has 2 saturated carbocycles. The molecule has 3 N–H and O–H groups in total. The summed E-state index contributed by atoms with van der Waals surface area (Å²) in [4.78, 5) is 54.1. The second-order valence-electron chi connectivity index (χ2n) is 11.5. The third-order valence-corrected chi connectivity index (χ3v) is 7.24. The van der Waals surface area contributed by atoms with Crippen LogP contribution in [0.2, 0.25) is 0 Å². The van der Waals surface area contributed by atoms with Gasteiger partial charge in [-0.3, -0.25) is 14.4 Å². The van der Waals surface area contributed by atoms with Crippen molar-refractivity contribution in [3.8, 4) is 0 Å². The first-order chi connectivity index (χ1) is 16.6. The number of rotatable bonds is 3. The van der Waals surface area contributed by atoms with Gasteiger partial charge in [-0.25, -0.2) is 4.79 Å². The smallest absolute Gasteiger partial charge is 0.408 e. The zero-order valence-electron chi connectivity index (χ0n) is 21.2. The van der Waals surface area contributed by atoms with Crippen LogP contribution in [0, 0.1) is 5.92 Å². The Kier molecular flexibility index (Phi) is 7.43. The number of fused-ring (bicyclic) bond motifs is 2. The Labute approximate surface area is 207 Å². The zero-order chi connectivity index (χ0) is 25.2. The first-order valence-electron chi connectivity index (χ1n) is 13.2. The van der Waals surface area contributed by atoms with Crippen molar-refractivity contribution >= 4 is 23.8 Å². The van der Waals surface area contributed by atoms with Gasteiger partial charge in [-0.05, 0) is 72.1 Å². The Morgan fingerprint density at radius 3 is 2.54 bits per heavy atom. The Bertz CT molecular complexity index is 877. The number of alkyl carbamates (subject to hydrolysis) is 1. The summed E-state index contributed by atoms with van der Waals surface area (Å²) >= 11 is 0. The van der Waals surface area contributed by atoms with Crippen LogP contribution in [-0.4, -0.2) is 64.5 Å². The fraction of sp³-hybridized carbons (Fsp3) is 0.769. The van der Waals surface area contributed by atoms with E-state index in [1.807, 2.05) is 0 Å². The van der Waals surface area contributed by atoms with Gasteiger partial charge in [-0.15, -0.1) is 0 Å². The third-order valence-electron chi connectivity index (χ3n) is 7.24. The topological polar surface area (TPSA) is 117 Å². The van der Waals surface area contributed by atoms with Crippen molar-refractivity contribution in [3.05, 3.63) is 12.2 Å². The second kappa shape index (κ2) is 10.2. The Morgan fingerprint density at radius 1 is 1.06 bits per heavy atom. The lowest BCUT2D eigenvalue weighted by Crippen LogP contribution is -2.58. The molecule has 2 aliphatic carbocycles. The number of carbonyl (C=O) groups is 4. The summed E-state index contributed by atoms with van der Waals surface area (Å²) in [7, 11) is 0. The van der Waals surface area contributed by atoms with Gasteiger partial charge in [-0.1, -0.05) is 25.0 Å². The summed E-state index contributed by atoms with van der Waals surface area (Å²) in [5.41, 5.74) is -1.60. The van der Waals surface area contributed by atoms with Gasteiger partial charge in [-0.2, -0.15) is 0 Å². The molecule has 0 aromatic rings. The lowest BCUT2D eigenvalue weighted by Gasteiger charge is -2.30. The third kappa shape index (κ3) is 6.35. The monoisotopic (exact) mass is 488 g/mol. The minimum atomic E-state index is -0.929. The van der Waals surface area contributed by atoms with Gasteiger partial charge in [0.05, 0.1) is 0 Å². The van der Waals surface area contributed by atoms with Crippen LogP contribution in [0.4, 0.5) is 4.79 Å². The molecular formula is C26H40N4O5. The SMILES string of the molecule is CC(C)(C)OC(=O)N[C@H]1CCCCCC=C[C@@H]2C[C@@]2(C(=O)NC2CC2)NC(=O)[C@@H]2CCCN2C1=O. The van der Waals surface area contributed by atoms with E-state index in [4.69, 9.17) is 4.74 Å². The number of amides is 4. The molecule has 2 heterocycles. The minimum absolute atomic E-state index is 0.0255. The fourth-order valence-electron chi connectivity index (χ4n) is 5.09. The van der Waals surface area contributed by atoms with Gasteiger partial charge < -0.3 is 25.6 Å². The molecule has 0 unspecified atom stereocenters. The van der Waals surface area contributed by atoms with Crippen molar-refractivity contribution in [1.29, 1.82) is 0 Å². The minimum Gasteiger partial charge on any atom is -0.444 e. The first-order valence-corrected chi connectivity index (χ1v) is 13.2. The number of nitrogens with zero attached hydrogens (tertiary/aromatic N) is 1. The summed E-state index contributed by atoms with van der Waals surface area (Å²) in [6.07, 6.45) is 11.3. The molecule has 4 rings (SSSR count). The largest absolute Gasteiger partial charge is 0.444 e. The number of allylic oxidation sites excluding steroid dienone is 1. The van der Waals surface area contributed by atoms with E-state index in [1.165, 1.54) is 0 Å². The van der Waals surface area contributed by atoms with Crippen LogP contribution in [0.15, 0.2) is 12.2 Å². The molecule has 0 radical (unpaired) electrons. The van der Waals surface area contributed by atoms with Crippen molar-refractivity contribution in [3.63, 3.8) is 0 Å². The lowest BCUT2D eigenvalue weighted by molar-refractivity contribution is -0.141. The van der Waals surface area contributed by atoms with Gasteiger partial charge in [0.15, 0.2) is 0 Å². The number of hydrogen-bond acceptors (Lipinski definition) is 5. The van der Waals surface area contributed by atoms with Crippen molar-refractivity contribution in [2.75, 3.05) is 6.54 Å². The fourth-order valence-corrected chi connectivity index (χ4v) is 5.09. The van der Waals surface area contributed by atoms with Crippen molar-refractivity contribution in [2.45, 2.75) is 114 Å². The van der Waals surface area contributed by atoms with E-state index in [-0.39, 0.29) is 29.7 Å². The van der Waals surface area contributed by atoms with Gasteiger partial charge in [0, 0.05) is 18.5 Å². The molecule has 0 spiro atoms. The molecule has 4 amide bonds. The maximum absolute atomic E-state index is 13.6. The molecule has 0 bridgehead atoms. The molecule has 2 aliphatic heterocycles. The van der Waals surface area contributed by atoms with Gasteiger partial charge in [0.1, 0.15) is 23.2 Å². The highest BCUT2D eigenvalue weighted by Gasteiger charge is 2.61. The standard InChI is InChI=1S/C26H40N4O5/c1-25(2,3)35-24(34)28-19-11-8-6-4-5-7-10-17-16-26(17,23(33)27-18-13-14-18)29-21(31)20-12-9-15-30(20)22(19)32/h7,10,17-20H,4-6,8-9,11-16H2,1-3H3,(H,27,33)(H,28,34)(H,29,31)/t17-,19+,20+,26-/m1/s1. The molecule has 9 nitrogen and oxygen atoms in total. The number of carbonyl (C=O) groups excluding carboxylic acids is 4. The van der Waals surface area contributed by atoms with Crippen LogP contribution in [0.25, 0.3) is 0 Å². The first kappa shape index (κ1) is 25.5. The van der Waals surface area contributed by atoms with E-state index in [0.29, 0.717) is 32.2 Å².